The van der Waals surface area contributed by atoms with Crippen molar-refractivity contribution in [2.45, 2.75) is 19.5 Å². The lowest BCUT2D eigenvalue weighted by atomic mass is 10.1. The van der Waals surface area contributed by atoms with Gasteiger partial charge in [-0.1, -0.05) is 59.6 Å². The Bertz CT molecular complexity index is 981. The van der Waals surface area contributed by atoms with E-state index in [2.05, 4.69) is 14.9 Å². The third kappa shape index (κ3) is 3.40. The lowest BCUT2D eigenvalue weighted by Crippen LogP contribution is -2.35. The number of halogens is 2. The van der Waals surface area contributed by atoms with Gasteiger partial charge in [0, 0.05) is 47.2 Å². The van der Waals surface area contributed by atoms with E-state index < -0.39 is 0 Å². The molecular formula is C20H17Cl2N3O. The van der Waals surface area contributed by atoms with Crippen LogP contribution in [0, 0.1) is 0 Å². The average Bonchev–Trinajstić information content (AvgIpc) is 2.66. The second-order valence-corrected chi connectivity index (χ2v) is 7.18. The SMILES string of the molecule is O=c1[nH]c(-c2ccccc2)nc2c1CN(Cc1c(Cl)cccc1Cl)CC2. The molecule has 0 fully saturated rings. The molecule has 0 aliphatic carbocycles. The molecule has 6 heteroatoms. The highest BCUT2D eigenvalue weighted by molar-refractivity contribution is 6.35. The van der Waals surface area contributed by atoms with Crippen molar-refractivity contribution in [3.63, 3.8) is 0 Å². The summed E-state index contributed by atoms with van der Waals surface area (Å²) in [7, 11) is 0. The maximum Gasteiger partial charge on any atom is 0.255 e. The number of rotatable bonds is 3. The largest absolute Gasteiger partial charge is 0.306 e. The van der Waals surface area contributed by atoms with Gasteiger partial charge in [-0.2, -0.15) is 0 Å². The molecule has 0 saturated heterocycles. The van der Waals surface area contributed by atoms with Crippen LogP contribution >= 0.6 is 23.2 Å². The lowest BCUT2D eigenvalue weighted by Gasteiger charge is -2.28. The van der Waals surface area contributed by atoms with Crippen LogP contribution in [0.15, 0.2) is 53.3 Å². The van der Waals surface area contributed by atoms with Crippen molar-refractivity contribution in [2.24, 2.45) is 0 Å². The standard InChI is InChI=1S/C20H17Cl2N3O/c21-16-7-4-8-17(22)14(16)11-25-10-9-18-15(12-25)20(26)24-19(23-18)13-5-2-1-3-6-13/h1-8H,9-12H2,(H,23,24,26). The van der Waals surface area contributed by atoms with Crippen LogP contribution < -0.4 is 5.56 Å². The Morgan fingerprint density at radius 1 is 1.04 bits per heavy atom. The Hall–Kier alpha value is -2.14. The van der Waals surface area contributed by atoms with Gasteiger partial charge in [0.05, 0.1) is 11.3 Å². The van der Waals surface area contributed by atoms with Crippen LogP contribution in [0.1, 0.15) is 16.8 Å². The summed E-state index contributed by atoms with van der Waals surface area (Å²) in [5.41, 5.74) is 3.32. The Morgan fingerprint density at radius 3 is 2.50 bits per heavy atom. The minimum atomic E-state index is -0.0798. The maximum absolute atomic E-state index is 12.6. The lowest BCUT2D eigenvalue weighted by molar-refractivity contribution is 0.242. The van der Waals surface area contributed by atoms with Gasteiger partial charge in [-0.3, -0.25) is 9.69 Å². The number of hydrogen-bond acceptors (Lipinski definition) is 3. The number of aromatic nitrogens is 2. The number of fused-ring (bicyclic) bond motifs is 1. The van der Waals surface area contributed by atoms with Crippen molar-refractivity contribution in [3.05, 3.63) is 85.8 Å². The number of aromatic amines is 1. The molecule has 0 radical (unpaired) electrons. The highest BCUT2D eigenvalue weighted by Crippen LogP contribution is 2.27. The summed E-state index contributed by atoms with van der Waals surface area (Å²) in [5, 5.41) is 1.30. The molecule has 1 aliphatic heterocycles. The predicted octanol–water partition coefficient (Wildman–Crippen LogP) is 4.30. The van der Waals surface area contributed by atoms with Crippen molar-refractivity contribution in [1.82, 2.24) is 14.9 Å². The number of hydrogen-bond donors (Lipinski definition) is 1. The predicted molar refractivity (Wildman–Crippen MR) is 105 cm³/mol. The first-order chi connectivity index (χ1) is 12.6. The van der Waals surface area contributed by atoms with E-state index in [4.69, 9.17) is 23.2 Å². The fourth-order valence-electron chi connectivity index (χ4n) is 3.26. The first-order valence-electron chi connectivity index (χ1n) is 8.44. The van der Waals surface area contributed by atoms with Crippen molar-refractivity contribution < 1.29 is 0 Å². The maximum atomic E-state index is 12.6. The third-order valence-corrected chi connectivity index (χ3v) is 5.35. The molecule has 26 heavy (non-hydrogen) atoms. The van der Waals surface area contributed by atoms with Gasteiger partial charge in [-0.25, -0.2) is 4.98 Å². The highest BCUT2D eigenvalue weighted by atomic mass is 35.5. The van der Waals surface area contributed by atoms with Crippen molar-refractivity contribution in [3.8, 4) is 11.4 Å². The number of benzene rings is 2. The van der Waals surface area contributed by atoms with Gasteiger partial charge < -0.3 is 4.98 Å². The van der Waals surface area contributed by atoms with Gasteiger partial charge in [0.2, 0.25) is 0 Å². The van der Waals surface area contributed by atoms with Crippen LogP contribution in [0.5, 0.6) is 0 Å². The van der Waals surface area contributed by atoms with Crippen LogP contribution in [0.25, 0.3) is 11.4 Å². The van der Waals surface area contributed by atoms with E-state index in [1.54, 1.807) is 0 Å². The fourth-order valence-corrected chi connectivity index (χ4v) is 3.77. The molecule has 0 unspecified atom stereocenters. The summed E-state index contributed by atoms with van der Waals surface area (Å²) >= 11 is 12.6. The van der Waals surface area contributed by atoms with E-state index in [1.165, 1.54) is 0 Å². The minimum absolute atomic E-state index is 0.0798. The van der Waals surface area contributed by atoms with Gasteiger partial charge >= 0.3 is 0 Å². The van der Waals surface area contributed by atoms with Gasteiger partial charge in [-0.15, -0.1) is 0 Å². The highest BCUT2D eigenvalue weighted by Gasteiger charge is 2.22. The second-order valence-electron chi connectivity index (χ2n) is 6.37. The quantitative estimate of drug-likeness (QED) is 0.730. The van der Waals surface area contributed by atoms with E-state index in [0.29, 0.717) is 29.0 Å². The Kier molecular flexibility index (Phi) is 4.81. The third-order valence-electron chi connectivity index (χ3n) is 4.64. The smallest absolute Gasteiger partial charge is 0.255 e. The topological polar surface area (TPSA) is 49.0 Å². The second kappa shape index (κ2) is 7.23. The zero-order valence-electron chi connectivity index (χ0n) is 14.0. The fraction of sp³-hybridized carbons (Fsp3) is 0.200. The molecule has 132 valence electrons. The summed E-state index contributed by atoms with van der Waals surface area (Å²) in [6.07, 6.45) is 0.723. The zero-order valence-corrected chi connectivity index (χ0v) is 15.5. The first kappa shape index (κ1) is 17.3. The van der Waals surface area contributed by atoms with Crippen LogP contribution in [0.2, 0.25) is 10.0 Å². The van der Waals surface area contributed by atoms with Crippen molar-refractivity contribution >= 4 is 23.2 Å². The number of nitrogens with one attached hydrogen (secondary N) is 1. The summed E-state index contributed by atoms with van der Waals surface area (Å²) in [6, 6.07) is 15.2. The van der Waals surface area contributed by atoms with Crippen molar-refractivity contribution in [2.75, 3.05) is 6.54 Å². The van der Waals surface area contributed by atoms with E-state index in [1.807, 2.05) is 48.5 Å². The Balaban J connectivity index is 1.61. The van der Waals surface area contributed by atoms with Crippen LogP contribution in [0.4, 0.5) is 0 Å². The van der Waals surface area contributed by atoms with Gasteiger partial charge in [0.1, 0.15) is 5.82 Å². The molecule has 1 aromatic heterocycles. The summed E-state index contributed by atoms with van der Waals surface area (Å²) in [5.74, 6) is 0.622. The molecule has 0 bridgehead atoms. The molecule has 3 aromatic rings. The van der Waals surface area contributed by atoms with E-state index in [0.717, 1.165) is 35.3 Å². The summed E-state index contributed by atoms with van der Waals surface area (Å²) in [4.78, 5) is 22.4. The molecule has 0 atom stereocenters. The van der Waals surface area contributed by atoms with Gasteiger partial charge in [0.25, 0.3) is 5.56 Å². The normalized spacial score (nSPS) is 14.2. The van der Waals surface area contributed by atoms with E-state index >= 15 is 0 Å². The van der Waals surface area contributed by atoms with Crippen molar-refractivity contribution in [1.29, 1.82) is 0 Å². The van der Waals surface area contributed by atoms with Gasteiger partial charge in [0.15, 0.2) is 0 Å². The molecule has 0 spiro atoms. The summed E-state index contributed by atoms with van der Waals surface area (Å²) in [6.45, 7) is 1.95. The van der Waals surface area contributed by atoms with Gasteiger partial charge in [-0.05, 0) is 12.1 Å². The number of H-pyrrole nitrogens is 1. The van der Waals surface area contributed by atoms with E-state index in [9.17, 15) is 4.79 Å². The molecule has 1 aliphatic rings. The molecular weight excluding hydrogens is 369 g/mol. The zero-order chi connectivity index (χ0) is 18.1. The molecule has 2 aromatic carbocycles. The molecule has 0 amide bonds. The van der Waals surface area contributed by atoms with E-state index in [-0.39, 0.29) is 5.56 Å². The van der Waals surface area contributed by atoms with Crippen LogP contribution in [0.3, 0.4) is 0 Å². The molecule has 2 heterocycles. The molecule has 1 N–H and O–H groups in total. The molecule has 4 nitrogen and oxygen atoms in total. The Morgan fingerprint density at radius 2 is 1.77 bits per heavy atom. The summed E-state index contributed by atoms with van der Waals surface area (Å²) < 4.78 is 0. The molecule has 0 saturated carbocycles. The van der Waals surface area contributed by atoms with Crippen LogP contribution in [-0.2, 0) is 19.5 Å². The Labute approximate surface area is 161 Å². The number of nitrogens with zero attached hydrogens (tertiary/aromatic N) is 2. The molecule has 4 rings (SSSR count). The minimum Gasteiger partial charge on any atom is -0.306 e. The van der Waals surface area contributed by atoms with Crippen LogP contribution in [-0.4, -0.2) is 21.4 Å². The monoisotopic (exact) mass is 385 g/mol. The average molecular weight is 386 g/mol. The first-order valence-corrected chi connectivity index (χ1v) is 9.20.